The van der Waals surface area contributed by atoms with Crippen LogP contribution in [-0.4, -0.2) is 29.2 Å². The number of aromatic nitrogens is 2. The predicted molar refractivity (Wildman–Crippen MR) is 58.6 cm³/mol. The van der Waals surface area contributed by atoms with Crippen LogP contribution in [0.1, 0.15) is 5.69 Å². The molecule has 5 nitrogen and oxygen atoms in total. The number of carbonyl (C=O) groups excluding carboxylic acids is 1. The highest BCUT2D eigenvalue weighted by Crippen LogP contribution is 1.96. The summed E-state index contributed by atoms with van der Waals surface area (Å²) in [5.41, 5.74) is 0.966. The van der Waals surface area contributed by atoms with Crippen LogP contribution in [0, 0.1) is 0 Å². The van der Waals surface area contributed by atoms with Gasteiger partial charge in [-0.15, -0.1) is 6.58 Å². The largest absolute Gasteiger partial charge is 0.341 e. The Morgan fingerprint density at radius 3 is 3.20 bits per heavy atom. The van der Waals surface area contributed by atoms with Crippen LogP contribution >= 0.6 is 0 Å². The summed E-state index contributed by atoms with van der Waals surface area (Å²) in [6.07, 6.45) is 6.26. The lowest BCUT2D eigenvalue weighted by atomic mass is 10.3. The first kappa shape index (κ1) is 11.3. The van der Waals surface area contributed by atoms with Gasteiger partial charge in [0.25, 0.3) is 0 Å². The summed E-state index contributed by atoms with van der Waals surface area (Å²) in [4.78, 5) is 15.0. The Balaban J connectivity index is 2.31. The summed E-state index contributed by atoms with van der Waals surface area (Å²) in [7, 11) is 1.59. The number of hydrogen-bond acceptors (Lipinski definition) is 2. The number of amides is 2. The molecule has 0 atom stereocenters. The lowest BCUT2D eigenvalue weighted by Crippen LogP contribution is -2.34. The summed E-state index contributed by atoms with van der Waals surface area (Å²) < 4.78 is 1.95. The Hall–Kier alpha value is -1.78. The minimum absolute atomic E-state index is 0.166. The maximum atomic E-state index is 10.8. The molecule has 2 amide bonds. The molecular weight excluding hydrogens is 192 g/mol. The van der Waals surface area contributed by atoms with E-state index in [0.29, 0.717) is 6.54 Å². The third kappa shape index (κ3) is 3.84. The highest BCUT2D eigenvalue weighted by Gasteiger charge is 1.99. The van der Waals surface area contributed by atoms with Gasteiger partial charge in [-0.1, -0.05) is 6.08 Å². The van der Waals surface area contributed by atoms with E-state index >= 15 is 0 Å². The van der Waals surface area contributed by atoms with Crippen LogP contribution in [0.4, 0.5) is 4.79 Å². The quantitative estimate of drug-likeness (QED) is 0.694. The molecule has 0 radical (unpaired) electrons. The van der Waals surface area contributed by atoms with E-state index in [4.69, 9.17) is 0 Å². The maximum absolute atomic E-state index is 10.8. The SMILES string of the molecule is C=CCn1cnc(CCNC(=O)NC)c1. The third-order valence-electron chi connectivity index (χ3n) is 1.92. The van der Waals surface area contributed by atoms with E-state index in [9.17, 15) is 4.79 Å². The van der Waals surface area contributed by atoms with Crippen LogP contribution in [0.2, 0.25) is 0 Å². The Morgan fingerprint density at radius 1 is 1.73 bits per heavy atom. The molecule has 0 aliphatic heterocycles. The van der Waals surface area contributed by atoms with Crippen molar-refractivity contribution in [3.8, 4) is 0 Å². The molecule has 1 aromatic heterocycles. The van der Waals surface area contributed by atoms with Gasteiger partial charge in [0.15, 0.2) is 0 Å². The van der Waals surface area contributed by atoms with Crippen molar-refractivity contribution >= 4 is 6.03 Å². The second-order valence-electron chi connectivity index (χ2n) is 3.11. The fraction of sp³-hybridized carbons (Fsp3) is 0.400. The minimum atomic E-state index is -0.166. The van der Waals surface area contributed by atoms with E-state index in [1.54, 1.807) is 13.4 Å². The number of carbonyl (C=O) groups is 1. The molecule has 82 valence electrons. The second-order valence-corrected chi connectivity index (χ2v) is 3.11. The predicted octanol–water partition coefficient (Wildman–Crippen LogP) is 0.541. The normalized spacial score (nSPS) is 9.67. The number of urea groups is 1. The van der Waals surface area contributed by atoms with E-state index in [-0.39, 0.29) is 6.03 Å². The van der Waals surface area contributed by atoms with Crippen LogP contribution in [0.5, 0.6) is 0 Å². The highest BCUT2D eigenvalue weighted by atomic mass is 16.2. The third-order valence-corrected chi connectivity index (χ3v) is 1.92. The molecule has 5 heteroatoms. The molecule has 0 saturated heterocycles. The number of imidazole rings is 1. The number of allylic oxidation sites excluding steroid dienone is 1. The second kappa shape index (κ2) is 5.85. The number of hydrogen-bond donors (Lipinski definition) is 2. The molecule has 1 aromatic rings. The molecule has 0 aromatic carbocycles. The van der Waals surface area contributed by atoms with Gasteiger partial charge >= 0.3 is 6.03 Å². The zero-order valence-corrected chi connectivity index (χ0v) is 8.86. The molecule has 0 aliphatic rings. The topological polar surface area (TPSA) is 59.0 Å². The molecule has 0 spiro atoms. The average Bonchev–Trinajstić information content (AvgIpc) is 2.66. The summed E-state index contributed by atoms with van der Waals surface area (Å²) >= 11 is 0. The average molecular weight is 208 g/mol. The fourth-order valence-corrected chi connectivity index (χ4v) is 1.18. The Kier molecular flexibility index (Phi) is 4.40. The first-order valence-electron chi connectivity index (χ1n) is 4.83. The van der Waals surface area contributed by atoms with E-state index < -0.39 is 0 Å². The van der Waals surface area contributed by atoms with Gasteiger partial charge < -0.3 is 15.2 Å². The van der Waals surface area contributed by atoms with Crippen molar-refractivity contribution in [3.63, 3.8) is 0 Å². The first-order chi connectivity index (χ1) is 7.26. The lowest BCUT2D eigenvalue weighted by Gasteiger charge is -2.01. The zero-order valence-electron chi connectivity index (χ0n) is 8.86. The van der Waals surface area contributed by atoms with Gasteiger partial charge in [0, 0.05) is 32.8 Å². The smallest absolute Gasteiger partial charge is 0.314 e. The van der Waals surface area contributed by atoms with Gasteiger partial charge in [-0.25, -0.2) is 9.78 Å². The molecule has 0 unspecified atom stereocenters. The highest BCUT2D eigenvalue weighted by molar-refractivity contribution is 5.73. The van der Waals surface area contributed by atoms with Crippen LogP contribution in [0.15, 0.2) is 25.2 Å². The van der Waals surface area contributed by atoms with E-state index in [1.807, 2.05) is 16.8 Å². The van der Waals surface area contributed by atoms with Crippen molar-refractivity contribution in [1.82, 2.24) is 20.2 Å². The maximum Gasteiger partial charge on any atom is 0.314 e. The van der Waals surface area contributed by atoms with Crippen molar-refractivity contribution in [1.29, 1.82) is 0 Å². The van der Waals surface area contributed by atoms with E-state index in [2.05, 4.69) is 22.2 Å². The van der Waals surface area contributed by atoms with Crippen LogP contribution in [0.25, 0.3) is 0 Å². The van der Waals surface area contributed by atoms with Gasteiger partial charge in [-0.3, -0.25) is 0 Å². The summed E-state index contributed by atoms with van der Waals surface area (Å²) in [6.45, 7) is 5.00. The molecule has 0 fully saturated rings. The molecule has 0 bridgehead atoms. The van der Waals surface area contributed by atoms with Crippen LogP contribution in [-0.2, 0) is 13.0 Å². The number of nitrogens with one attached hydrogen (secondary N) is 2. The van der Waals surface area contributed by atoms with Crippen molar-refractivity contribution in [3.05, 3.63) is 30.9 Å². The Labute approximate surface area is 89.2 Å². The lowest BCUT2D eigenvalue weighted by molar-refractivity contribution is 0.243. The molecule has 2 N–H and O–H groups in total. The molecule has 0 saturated carbocycles. The van der Waals surface area contributed by atoms with E-state index in [1.165, 1.54) is 0 Å². The monoisotopic (exact) mass is 208 g/mol. The molecule has 0 aliphatic carbocycles. The van der Waals surface area contributed by atoms with Gasteiger partial charge in [0.1, 0.15) is 0 Å². The van der Waals surface area contributed by atoms with Crippen molar-refractivity contribution < 1.29 is 4.79 Å². The van der Waals surface area contributed by atoms with E-state index in [0.717, 1.165) is 18.7 Å². The Morgan fingerprint density at radius 2 is 2.53 bits per heavy atom. The number of nitrogens with zero attached hydrogens (tertiary/aromatic N) is 2. The minimum Gasteiger partial charge on any atom is -0.341 e. The fourth-order valence-electron chi connectivity index (χ4n) is 1.18. The van der Waals surface area contributed by atoms with Gasteiger partial charge in [0.05, 0.1) is 12.0 Å². The van der Waals surface area contributed by atoms with Gasteiger partial charge in [0.2, 0.25) is 0 Å². The molecule has 1 rings (SSSR count). The van der Waals surface area contributed by atoms with Crippen molar-refractivity contribution in [2.24, 2.45) is 0 Å². The van der Waals surface area contributed by atoms with Gasteiger partial charge in [-0.05, 0) is 0 Å². The van der Waals surface area contributed by atoms with Crippen molar-refractivity contribution in [2.45, 2.75) is 13.0 Å². The van der Waals surface area contributed by atoms with Crippen molar-refractivity contribution in [2.75, 3.05) is 13.6 Å². The summed E-state index contributed by atoms with van der Waals surface area (Å²) in [6, 6.07) is -0.166. The first-order valence-corrected chi connectivity index (χ1v) is 4.83. The standard InChI is InChI=1S/C10H16N4O/c1-3-6-14-7-9(13-8-14)4-5-12-10(15)11-2/h3,7-8H,1,4-6H2,2H3,(H2,11,12,15). The number of rotatable bonds is 5. The molecular formula is C10H16N4O. The summed E-state index contributed by atoms with van der Waals surface area (Å²) in [5, 5.41) is 5.19. The van der Waals surface area contributed by atoms with Crippen LogP contribution in [0.3, 0.4) is 0 Å². The van der Waals surface area contributed by atoms with Crippen LogP contribution < -0.4 is 10.6 Å². The van der Waals surface area contributed by atoms with Gasteiger partial charge in [-0.2, -0.15) is 0 Å². The molecule has 1 heterocycles. The molecule has 15 heavy (non-hydrogen) atoms. The summed E-state index contributed by atoms with van der Waals surface area (Å²) in [5.74, 6) is 0. The Bertz CT molecular complexity index is 332. The zero-order chi connectivity index (χ0) is 11.1.